The largest absolute Gasteiger partial charge is 0.459 e. The number of alkyl halides is 2. The number of ether oxygens (including phenoxy) is 2. The molecular weight excluding hydrogens is 632 g/mol. The lowest BCUT2D eigenvalue weighted by molar-refractivity contribution is -0.171. The molecule has 0 aliphatic rings. The Morgan fingerprint density at radius 3 is 2.17 bits per heavy atom. The fourth-order valence-electron chi connectivity index (χ4n) is 4.40. The van der Waals surface area contributed by atoms with Crippen LogP contribution in [0.2, 0.25) is 0 Å². The Kier molecular flexibility index (Phi) is 12.5. The quantitative estimate of drug-likeness (QED) is 0.199. The summed E-state index contributed by atoms with van der Waals surface area (Å²) in [5.74, 6) is -9.16. The summed E-state index contributed by atoms with van der Waals surface area (Å²) in [6, 6.07) is 15.4. The van der Waals surface area contributed by atoms with Crippen LogP contribution in [0.25, 0.3) is 11.4 Å². The van der Waals surface area contributed by atoms with Crippen molar-refractivity contribution < 1.29 is 42.5 Å². The molecule has 3 amide bonds. The smallest absolute Gasteiger partial charge is 0.412 e. The van der Waals surface area contributed by atoms with E-state index < -0.39 is 72.1 Å². The third-order valence-corrected chi connectivity index (χ3v) is 6.70. The van der Waals surface area contributed by atoms with Gasteiger partial charge in [-0.2, -0.15) is 8.78 Å². The van der Waals surface area contributed by atoms with E-state index in [2.05, 4.69) is 15.6 Å². The maximum absolute atomic E-state index is 15.1. The van der Waals surface area contributed by atoms with Crippen molar-refractivity contribution >= 4 is 29.6 Å². The summed E-state index contributed by atoms with van der Waals surface area (Å²) in [5, 5.41) is 17.0. The van der Waals surface area contributed by atoms with E-state index in [1.54, 1.807) is 86.8 Å². The molecule has 2 aromatic carbocycles. The van der Waals surface area contributed by atoms with E-state index in [1.807, 2.05) is 0 Å². The zero-order valence-corrected chi connectivity index (χ0v) is 27.2. The first-order valence-electron chi connectivity index (χ1n) is 15.0. The van der Waals surface area contributed by atoms with E-state index in [0.717, 1.165) is 10.8 Å². The predicted molar refractivity (Wildman–Crippen MR) is 171 cm³/mol. The lowest BCUT2D eigenvalue weighted by atomic mass is 9.93. The minimum Gasteiger partial charge on any atom is -0.459 e. The summed E-state index contributed by atoms with van der Waals surface area (Å²) >= 11 is 0. The number of carbonyl (C=O) groups excluding carboxylic acids is 4. The molecule has 0 saturated heterocycles. The van der Waals surface area contributed by atoms with Gasteiger partial charge in [-0.3, -0.25) is 29.1 Å². The lowest BCUT2D eigenvalue weighted by Crippen LogP contribution is -2.60. The van der Waals surface area contributed by atoms with Crippen molar-refractivity contribution in [3.63, 3.8) is 0 Å². The topological polar surface area (TPSA) is 178 Å². The number of esters is 1. The lowest BCUT2D eigenvalue weighted by Gasteiger charge is -2.32. The highest BCUT2D eigenvalue weighted by Crippen LogP contribution is 2.25. The third kappa shape index (κ3) is 10.4. The van der Waals surface area contributed by atoms with Gasteiger partial charge in [-0.05, 0) is 32.3 Å². The van der Waals surface area contributed by atoms with E-state index in [0.29, 0.717) is 11.1 Å². The first-order chi connectivity index (χ1) is 22.5. The number of amides is 3. The average Bonchev–Trinajstić information content (AvgIpc) is 3.03. The number of hydrogen-bond donors (Lipinski definition) is 4. The molecule has 3 aromatic rings. The molecule has 1 aromatic heterocycles. The molecule has 0 saturated carbocycles. The van der Waals surface area contributed by atoms with Crippen molar-refractivity contribution in [2.24, 2.45) is 5.92 Å². The summed E-state index contributed by atoms with van der Waals surface area (Å²) in [6.45, 7) is 5.80. The molecule has 0 aliphatic carbocycles. The van der Waals surface area contributed by atoms with Gasteiger partial charge in [-0.15, -0.1) is 0 Å². The fourth-order valence-corrected chi connectivity index (χ4v) is 4.40. The molecule has 13 nitrogen and oxygen atoms in total. The van der Waals surface area contributed by atoms with E-state index in [1.165, 1.54) is 13.8 Å². The second-order valence-electron chi connectivity index (χ2n) is 12.1. The Hall–Kier alpha value is -5.18. The van der Waals surface area contributed by atoms with Crippen LogP contribution in [0.1, 0.15) is 40.2 Å². The summed E-state index contributed by atoms with van der Waals surface area (Å²) in [6.07, 6.45) is -2.59. The van der Waals surface area contributed by atoms with Crippen LogP contribution in [0.5, 0.6) is 0 Å². The van der Waals surface area contributed by atoms with Crippen LogP contribution < -0.4 is 21.5 Å². The van der Waals surface area contributed by atoms with Gasteiger partial charge in [0.1, 0.15) is 42.9 Å². The number of halogens is 2. The molecule has 258 valence electrons. The Labute approximate surface area is 275 Å². The van der Waals surface area contributed by atoms with E-state index in [9.17, 15) is 29.1 Å². The monoisotopic (exact) mass is 671 g/mol. The van der Waals surface area contributed by atoms with Gasteiger partial charge in [0.2, 0.25) is 5.91 Å². The number of nitrogens with one attached hydrogen (secondary N) is 3. The highest BCUT2D eigenvalue weighted by molar-refractivity contribution is 5.88. The van der Waals surface area contributed by atoms with E-state index in [4.69, 9.17) is 9.47 Å². The van der Waals surface area contributed by atoms with Gasteiger partial charge in [0.15, 0.2) is 0 Å². The second kappa shape index (κ2) is 16.1. The van der Waals surface area contributed by atoms with Gasteiger partial charge in [0, 0.05) is 5.56 Å². The third-order valence-electron chi connectivity index (χ3n) is 6.70. The van der Waals surface area contributed by atoms with Crippen molar-refractivity contribution in [1.29, 1.82) is 0 Å². The number of aliphatic hydroxyl groups excluding tert-OH is 1. The molecule has 0 spiro atoms. The van der Waals surface area contributed by atoms with Crippen molar-refractivity contribution in [1.82, 2.24) is 20.2 Å². The van der Waals surface area contributed by atoms with Crippen LogP contribution in [0.15, 0.2) is 71.7 Å². The molecule has 0 radical (unpaired) electrons. The SMILES string of the molecule is CC(C)C(NC(=O)Cn1c(-c2ccccc2)ncc(NC(=O)OCc2ccccc2)c1=O)C(O)C(F)(F)C(=O)NCC(=O)OC(C)(C)C. The van der Waals surface area contributed by atoms with Crippen LogP contribution in [0, 0.1) is 5.92 Å². The standard InChI is InChI=1S/C33H39F2N5O8/c1-20(2)26(27(43)33(34,35)30(45)37-17-25(42)48-32(3,4)5)39-24(41)18-40-28(22-14-10-7-11-15-22)36-16-23(29(40)44)38-31(46)47-19-21-12-8-6-9-13-21/h6-16,20,26-27,43H,17-19H2,1-5H3,(H,37,45)(H,38,46)(H,39,41). The van der Waals surface area contributed by atoms with Crippen LogP contribution in [0.4, 0.5) is 19.3 Å². The minimum absolute atomic E-state index is 0.0208. The Bertz CT molecular complexity index is 1640. The number of carbonyl (C=O) groups is 4. The zero-order valence-electron chi connectivity index (χ0n) is 27.2. The molecule has 0 bridgehead atoms. The van der Waals surface area contributed by atoms with Gasteiger partial charge in [-0.1, -0.05) is 74.5 Å². The molecule has 2 unspecified atom stereocenters. The fraction of sp³-hybridized carbons (Fsp3) is 0.394. The molecule has 0 fully saturated rings. The van der Waals surface area contributed by atoms with Gasteiger partial charge >= 0.3 is 18.0 Å². The molecular formula is C33H39F2N5O8. The maximum Gasteiger partial charge on any atom is 0.412 e. The van der Waals surface area contributed by atoms with Crippen LogP contribution in [0.3, 0.4) is 0 Å². The highest BCUT2D eigenvalue weighted by Gasteiger charge is 2.51. The van der Waals surface area contributed by atoms with E-state index >= 15 is 8.78 Å². The number of benzene rings is 2. The van der Waals surface area contributed by atoms with Crippen molar-refractivity contribution in [3.8, 4) is 11.4 Å². The number of anilines is 1. The normalized spacial score (nSPS) is 12.9. The summed E-state index contributed by atoms with van der Waals surface area (Å²) < 4.78 is 41.3. The van der Waals surface area contributed by atoms with E-state index in [-0.39, 0.29) is 18.1 Å². The average molecular weight is 672 g/mol. The van der Waals surface area contributed by atoms with Gasteiger partial charge < -0.3 is 25.2 Å². The number of nitrogens with zero attached hydrogens (tertiary/aromatic N) is 2. The van der Waals surface area contributed by atoms with Crippen molar-refractivity contribution in [3.05, 3.63) is 82.8 Å². The Morgan fingerprint density at radius 1 is 0.979 bits per heavy atom. The number of aromatic nitrogens is 2. The number of aliphatic hydroxyl groups is 1. The molecule has 2 atom stereocenters. The van der Waals surface area contributed by atoms with Crippen LogP contribution in [-0.2, 0) is 37.0 Å². The first kappa shape index (κ1) is 37.3. The summed E-state index contributed by atoms with van der Waals surface area (Å²) in [5.41, 5.74) is -0.976. The van der Waals surface area contributed by atoms with Crippen LogP contribution in [-0.4, -0.2) is 68.7 Å². The summed E-state index contributed by atoms with van der Waals surface area (Å²) in [4.78, 5) is 67.8. The van der Waals surface area contributed by atoms with Gasteiger partial charge in [0.25, 0.3) is 11.5 Å². The Morgan fingerprint density at radius 2 is 1.58 bits per heavy atom. The number of rotatable bonds is 13. The summed E-state index contributed by atoms with van der Waals surface area (Å²) in [7, 11) is 0. The molecule has 48 heavy (non-hydrogen) atoms. The van der Waals surface area contributed by atoms with Crippen molar-refractivity contribution in [2.75, 3.05) is 11.9 Å². The van der Waals surface area contributed by atoms with Crippen LogP contribution >= 0.6 is 0 Å². The predicted octanol–water partition coefficient (Wildman–Crippen LogP) is 3.25. The molecule has 3 rings (SSSR count). The molecule has 1 heterocycles. The Balaban J connectivity index is 1.80. The minimum atomic E-state index is -4.44. The van der Waals surface area contributed by atoms with Crippen molar-refractivity contribution in [2.45, 2.75) is 71.4 Å². The molecule has 0 aliphatic heterocycles. The molecule has 4 N–H and O–H groups in total. The zero-order chi connectivity index (χ0) is 35.6. The van der Waals surface area contributed by atoms with Gasteiger partial charge in [0.05, 0.1) is 12.2 Å². The van der Waals surface area contributed by atoms with Gasteiger partial charge in [-0.25, -0.2) is 9.78 Å². The highest BCUT2D eigenvalue weighted by atomic mass is 19.3. The maximum atomic E-state index is 15.1. The first-order valence-corrected chi connectivity index (χ1v) is 15.0. The second-order valence-corrected chi connectivity index (χ2v) is 12.1. The molecule has 15 heteroatoms. The number of hydrogen-bond acceptors (Lipinski definition) is 9.